The highest BCUT2D eigenvalue weighted by Crippen LogP contribution is 2.23. The first-order valence-electron chi connectivity index (χ1n) is 5.99. The zero-order chi connectivity index (χ0) is 12.4. The van der Waals surface area contributed by atoms with Crippen molar-refractivity contribution in [2.75, 3.05) is 18.0 Å². The summed E-state index contributed by atoms with van der Waals surface area (Å²) in [6, 6.07) is 7.95. The van der Waals surface area contributed by atoms with Gasteiger partial charge in [0.25, 0.3) is 0 Å². The minimum absolute atomic E-state index is 0.215. The minimum Gasteiger partial charge on any atom is -0.439 e. The highest BCUT2D eigenvalue weighted by molar-refractivity contribution is 5.83. The van der Waals surface area contributed by atoms with E-state index in [1.807, 2.05) is 13.0 Å². The van der Waals surface area contributed by atoms with E-state index < -0.39 is 0 Å². The number of anilines is 1. The average Bonchev–Trinajstić information content (AvgIpc) is 2.30. The van der Waals surface area contributed by atoms with Crippen LogP contribution in [0.25, 0.3) is 11.0 Å². The molecule has 1 heterocycles. The van der Waals surface area contributed by atoms with E-state index in [1.54, 1.807) is 6.07 Å². The molecule has 2 aromatic rings. The topological polar surface area (TPSA) is 40.2 Å². The third kappa shape index (κ3) is 2.18. The molecule has 0 amide bonds. The molecule has 0 atom stereocenters. The van der Waals surface area contributed by atoms with Crippen LogP contribution in [0.15, 0.2) is 28.7 Å². The molecule has 0 saturated carbocycles. The van der Waals surface area contributed by atoms with E-state index in [2.05, 4.69) is 30.9 Å². The zero-order valence-corrected chi connectivity index (χ0v) is 10.6. The van der Waals surface area contributed by atoms with Gasteiger partial charge in [0.15, 0.2) is 0 Å². The minimum atomic E-state index is 0.215. The molecule has 1 aromatic carbocycles. The largest absolute Gasteiger partial charge is 0.439 e. The van der Waals surface area contributed by atoms with Gasteiger partial charge >= 0.3 is 0 Å². The van der Waals surface area contributed by atoms with Crippen molar-refractivity contribution in [2.45, 2.75) is 20.8 Å². The van der Waals surface area contributed by atoms with Crippen molar-refractivity contribution in [3.8, 4) is 0 Å². The molecule has 0 aliphatic rings. The second-order valence-corrected chi connectivity index (χ2v) is 4.15. The van der Waals surface area contributed by atoms with Crippen LogP contribution in [0.5, 0.6) is 0 Å². The number of nitrogens with one attached hydrogen (secondary N) is 1. The van der Waals surface area contributed by atoms with Crippen LogP contribution in [0, 0.1) is 12.3 Å². The summed E-state index contributed by atoms with van der Waals surface area (Å²) >= 11 is 0. The summed E-state index contributed by atoms with van der Waals surface area (Å²) in [5.74, 6) is 0. The van der Waals surface area contributed by atoms with E-state index >= 15 is 0 Å². The first-order valence-corrected chi connectivity index (χ1v) is 5.99. The number of hydrogen-bond acceptors (Lipinski definition) is 3. The van der Waals surface area contributed by atoms with E-state index in [-0.39, 0.29) is 5.55 Å². The first kappa shape index (κ1) is 11.7. The third-order valence-electron chi connectivity index (χ3n) is 3.09. The van der Waals surface area contributed by atoms with Crippen LogP contribution in [0.4, 0.5) is 5.69 Å². The van der Waals surface area contributed by atoms with Gasteiger partial charge in [-0.1, -0.05) is 0 Å². The summed E-state index contributed by atoms with van der Waals surface area (Å²) in [4.78, 5) is 2.26. The molecular weight excluding hydrogens is 212 g/mol. The van der Waals surface area contributed by atoms with Crippen molar-refractivity contribution in [3.63, 3.8) is 0 Å². The molecule has 3 heteroatoms. The number of rotatable bonds is 3. The van der Waals surface area contributed by atoms with Crippen LogP contribution in [0.1, 0.15) is 19.4 Å². The Bertz CT molecular complexity index is 582. The van der Waals surface area contributed by atoms with Crippen LogP contribution < -0.4 is 10.5 Å². The molecule has 0 radical (unpaired) electrons. The number of benzene rings is 1. The Hall–Kier alpha value is -1.77. The number of hydrogen-bond donors (Lipinski definition) is 1. The zero-order valence-electron chi connectivity index (χ0n) is 10.6. The second kappa shape index (κ2) is 4.62. The van der Waals surface area contributed by atoms with Gasteiger partial charge in [-0.25, -0.2) is 0 Å². The Morgan fingerprint density at radius 2 is 1.88 bits per heavy atom. The maximum atomic E-state index is 7.61. The maximum Gasteiger partial charge on any atom is 0.212 e. The van der Waals surface area contributed by atoms with Gasteiger partial charge in [-0.05, 0) is 38.5 Å². The summed E-state index contributed by atoms with van der Waals surface area (Å²) in [6.07, 6.45) is 0. The van der Waals surface area contributed by atoms with E-state index in [0.29, 0.717) is 0 Å². The smallest absolute Gasteiger partial charge is 0.212 e. The molecule has 0 aliphatic carbocycles. The van der Waals surface area contributed by atoms with Gasteiger partial charge in [0.2, 0.25) is 5.55 Å². The number of aryl methyl sites for hydroxylation is 1. The fourth-order valence-electron chi connectivity index (χ4n) is 2.13. The maximum absolute atomic E-state index is 7.61. The SMILES string of the molecule is CCN(CC)c1ccc2c(C)cc(=N)oc2c1. The molecule has 90 valence electrons. The Labute approximate surface area is 101 Å². The van der Waals surface area contributed by atoms with Crippen molar-refractivity contribution >= 4 is 16.7 Å². The summed E-state index contributed by atoms with van der Waals surface area (Å²) in [5.41, 5.74) is 3.24. The molecule has 1 N–H and O–H groups in total. The van der Waals surface area contributed by atoms with Crippen LogP contribution in [-0.2, 0) is 0 Å². The number of nitrogens with zero attached hydrogens (tertiary/aromatic N) is 1. The Morgan fingerprint density at radius 1 is 1.18 bits per heavy atom. The molecule has 0 unspecified atom stereocenters. The van der Waals surface area contributed by atoms with E-state index in [1.165, 1.54) is 0 Å². The molecule has 0 bridgehead atoms. The normalized spacial score (nSPS) is 10.8. The summed E-state index contributed by atoms with van der Waals surface area (Å²) in [5, 5.41) is 8.69. The Morgan fingerprint density at radius 3 is 2.53 bits per heavy atom. The van der Waals surface area contributed by atoms with Crippen LogP contribution >= 0.6 is 0 Å². The van der Waals surface area contributed by atoms with Gasteiger partial charge in [0, 0.05) is 36.3 Å². The van der Waals surface area contributed by atoms with Crippen LogP contribution in [-0.4, -0.2) is 13.1 Å². The molecule has 1 aromatic heterocycles. The van der Waals surface area contributed by atoms with Crippen molar-refractivity contribution in [1.29, 1.82) is 5.41 Å². The fraction of sp³-hybridized carbons (Fsp3) is 0.357. The second-order valence-electron chi connectivity index (χ2n) is 4.15. The third-order valence-corrected chi connectivity index (χ3v) is 3.09. The highest BCUT2D eigenvalue weighted by Gasteiger charge is 2.05. The molecule has 0 aliphatic heterocycles. The average molecular weight is 230 g/mol. The summed E-state index contributed by atoms with van der Waals surface area (Å²) < 4.78 is 5.46. The van der Waals surface area contributed by atoms with Crippen molar-refractivity contribution < 1.29 is 4.42 Å². The quantitative estimate of drug-likeness (QED) is 0.880. The molecule has 0 saturated heterocycles. The first-order chi connectivity index (χ1) is 8.15. The monoisotopic (exact) mass is 230 g/mol. The highest BCUT2D eigenvalue weighted by atomic mass is 16.3. The van der Waals surface area contributed by atoms with Crippen LogP contribution in [0.2, 0.25) is 0 Å². The molecule has 0 fully saturated rings. The lowest BCUT2D eigenvalue weighted by atomic mass is 10.1. The van der Waals surface area contributed by atoms with E-state index in [9.17, 15) is 0 Å². The Balaban J connectivity index is 2.61. The lowest BCUT2D eigenvalue weighted by Crippen LogP contribution is -2.21. The van der Waals surface area contributed by atoms with E-state index in [0.717, 1.165) is 35.3 Å². The van der Waals surface area contributed by atoms with Crippen molar-refractivity contribution in [3.05, 3.63) is 35.4 Å². The van der Waals surface area contributed by atoms with Crippen molar-refractivity contribution in [1.82, 2.24) is 0 Å². The summed E-state index contributed by atoms with van der Waals surface area (Å²) in [7, 11) is 0. The lowest BCUT2D eigenvalue weighted by Gasteiger charge is -2.21. The van der Waals surface area contributed by atoms with Gasteiger partial charge < -0.3 is 9.32 Å². The molecular formula is C14H18N2O. The van der Waals surface area contributed by atoms with Crippen molar-refractivity contribution in [2.24, 2.45) is 0 Å². The van der Waals surface area contributed by atoms with Gasteiger partial charge in [-0.2, -0.15) is 0 Å². The molecule has 3 nitrogen and oxygen atoms in total. The summed E-state index contributed by atoms with van der Waals surface area (Å²) in [6.45, 7) is 8.23. The van der Waals surface area contributed by atoms with Gasteiger partial charge in [0.1, 0.15) is 5.58 Å². The number of fused-ring (bicyclic) bond motifs is 1. The predicted octanol–water partition coefficient (Wildman–Crippen LogP) is 3.07. The predicted molar refractivity (Wildman–Crippen MR) is 70.4 cm³/mol. The van der Waals surface area contributed by atoms with Gasteiger partial charge in [0.05, 0.1) is 0 Å². The van der Waals surface area contributed by atoms with E-state index in [4.69, 9.17) is 9.83 Å². The van der Waals surface area contributed by atoms with Crippen LogP contribution in [0.3, 0.4) is 0 Å². The lowest BCUT2D eigenvalue weighted by molar-refractivity contribution is 0.532. The fourth-order valence-corrected chi connectivity index (χ4v) is 2.13. The molecule has 2 rings (SSSR count). The van der Waals surface area contributed by atoms with Gasteiger partial charge in [-0.3, -0.25) is 5.41 Å². The Kier molecular flexibility index (Phi) is 3.18. The standard InChI is InChI=1S/C14H18N2O/c1-4-16(5-2)11-6-7-12-10(3)8-14(15)17-13(12)9-11/h6-9,15H,4-5H2,1-3H3. The molecule has 17 heavy (non-hydrogen) atoms. The van der Waals surface area contributed by atoms with Gasteiger partial charge in [-0.15, -0.1) is 0 Å². The molecule has 0 spiro atoms.